The number of benzene rings is 1. The van der Waals surface area contributed by atoms with Gasteiger partial charge < -0.3 is 10.1 Å². The van der Waals surface area contributed by atoms with Crippen LogP contribution in [0.4, 0.5) is 5.82 Å². The van der Waals surface area contributed by atoms with Gasteiger partial charge in [-0.25, -0.2) is 15.3 Å². The minimum absolute atomic E-state index is 0.304. The number of ether oxygens (including phenoxy) is 1. The Bertz CT molecular complexity index is 990. The second-order valence-electron chi connectivity index (χ2n) is 8.60. The van der Waals surface area contributed by atoms with Crippen LogP contribution in [0.1, 0.15) is 43.2 Å². The molecule has 1 aromatic heterocycles. The highest BCUT2D eigenvalue weighted by Gasteiger charge is 2.21. The van der Waals surface area contributed by atoms with E-state index in [1.54, 1.807) is 18.3 Å². The highest BCUT2D eigenvalue weighted by atomic mass is 35.5. The molecule has 1 amide bonds. The molecule has 3 heterocycles. The van der Waals surface area contributed by atoms with Gasteiger partial charge in [0, 0.05) is 56.0 Å². The van der Waals surface area contributed by atoms with Crippen molar-refractivity contribution >= 4 is 41.0 Å². The second kappa shape index (κ2) is 12.5. The van der Waals surface area contributed by atoms with Crippen molar-refractivity contribution in [1.82, 2.24) is 15.4 Å². The summed E-state index contributed by atoms with van der Waals surface area (Å²) < 4.78 is 5.42. The number of carbonyl (C=O) groups is 1. The minimum atomic E-state index is -0.379. The number of carbonyl (C=O) groups excluding carboxylic acids is 1. The van der Waals surface area contributed by atoms with E-state index < -0.39 is 0 Å². The number of aromatic nitrogens is 1. The first-order valence-electron chi connectivity index (χ1n) is 11.7. The molecule has 34 heavy (non-hydrogen) atoms. The maximum atomic E-state index is 12.0. The summed E-state index contributed by atoms with van der Waals surface area (Å²) in [5.41, 5.74) is 4.29. The van der Waals surface area contributed by atoms with Crippen molar-refractivity contribution in [2.75, 3.05) is 25.0 Å². The third-order valence-electron chi connectivity index (χ3n) is 6.00. The summed E-state index contributed by atoms with van der Waals surface area (Å²) in [4.78, 5) is 24.1. The van der Waals surface area contributed by atoms with E-state index in [0.29, 0.717) is 23.5 Å². The van der Waals surface area contributed by atoms with E-state index in [0.717, 1.165) is 67.9 Å². The quantitative estimate of drug-likeness (QED) is 0.386. The molecule has 0 spiro atoms. The first-order valence-corrected chi connectivity index (χ1v) is 12.5. The third kappa shape index (κ3) is 7.42. The summed E-state index contributed by atoms with van der Waals surface area (Å²) in [6.07, 6.45) is 9.17. The highest BCUT2D eigenvalue weighted by molar-refractivity contribution is 6.33. The Morgan fingerprint density at radius 2 is 2.00 bits per heavy atom. The molecule has 2 saturated heterocycles. The molecule has 1 atom stereocenters. The van der Waals surface area contributed by atoms with Crippen LogP contribution in [0.15, 0.2) is 42.6 Å². The molecule has 0 aliphatic carbocycles. The number of hydrogen-bond acceptors (Lipinski definition) is 6. The number of nitrogens with zero attached hydrogens (tertiary/aromatic N) is 2. The predicted octanol–water partition coefficient (Wildman–Crippen LogP) is 5.05. The van der Waals surface area contributed by atoms with Gasteiger partial charge in [0.25, 0.3) is 5.91 Å². The summed E-state index contributed by atoms with van der Waals surface area (Å²) in [7, 11) is 0. The number of hydrogen-bond donors (Lipinski definition) is 2. The minimum Gasteiger partial charge on any atom is -0.366 e. The van der Waals surface area contributed by atoms with E-state index in [1.807, 2.05) is 18.2 Å². The molecule has 4 rings (SSSR count). The number of nitrogens with one attached hydrogen (secondary N) is 2. The molecular weight excluding hydrogens is 475 g/mol. The van der Waals surface area contributed by atoms with Crippen molar-refractivity contribution in [2.45, 2.75) is 51.0 Å². The number of piperidine rings is 1. The van der Waals surface area contributed by atoms with Gasteiger partial charge in [-0.05, 0) is 55.0 Å². The molecule has 2 fully saturated rings. The SMILES string of the molecule is O=C(/C=C/c1cnc(NC2CCN(Cc3ccccc3Cl)CC2)c(Cl)c1)NOC1CCCCO1. The Morgan fingerprint density at radius 3 is 2.74 bits per heavy atom. The zero-order valence-electron chi connectivity index (χ0n) is 19.0. The van der Waals surface area contributed by atoms with Gasteiger partial charge >= 0.3 is 0 Å². The van der Waals surface area contributed by atoms with E-state index in [4.69, 9.17) is 32.8 Å². The summed E-state index contributed by atoms with van der Waals surface area (Å²) >= 11 is 12.8. The average molecular weight is 505 g/mol. The van der Waals surface area contributed by atoms with Crippen LogP contribution in [0.2, 0.25) is 10.0 Å². The fourth-order valence-electron chi connectivity index (χ4n) is 4.08. The van der Waals surface area contributed by atoms with Crippen molar-refractivity contribution in [2.24, 2.45) is 0 Å². The molecular formula is C25H30Cl2N4O3. The van der Waals surface area contributed by atoms with Crippen LogP contribution in [0.25, 0.3) is 6.08 Å². The van der Waals surface area contributed by atoms with Crippen molar-refractivity contribution in [3.8, 4) is 0 Å². The standard InChI is InChI=1S/C25H30Cl2N4O3/c26-21-6-2-1-5-19(21)17-31-12-10-20(11-13-31)29-25-22(27)15-18(16-28-25)8-9-23(32)30-34-24-7-3-4-14-33-24/h1-2,5-6,8-9,15-16,20,24H,3-4,7,10-14,17H2,(H,28,29)(H,30,32)/b9-8+. The molecule has 2 aromatic rings. The molecule has 2 aliphatic heterocycles. The number of anilines is 1. The van der Waals surface area contributed by atoms with Gasteiger partial charge in [0.1, 0.15) is 5.82 Å². The molecule has 2 N–H and O–H groups in total. The van der Waals surface area contributed by atoms with Gasteiger partial charge in [-0.15, -0.1) is 0 Å². The number of pyridine rings is 1. The maximum Gasteiger partial charge on any atom is 0.267 e. The fraction of sp³-hybridized carbons (Fsp3) is 0.440. The normalized spacial score (nSPS) is 19.9. The lowest BCUT2D eigenvalue weighted by Gasteiger charge is -2.33. The number of amides is 1. The molecule has 1 unspecified atom stereocenters. The average Bonchev–Trinajstić information content (AvgIpc) is 2.86. The topological polar surface area (TPSA) is 75.7 Å². The first-order chi connectivity index (χ1) is 16.6. The Hall–Kier alpha value is -2.16. The largest absolute Gasteiger partial charge is 0.366 e. The van der Waals surface area contributed by atoms with Gasteiger partial charge in [-0.1, -0.05) is 41.4 Å². The van der Waals surface area contributed by atoms with Crippen LogP contribution in [0.5, 0.6) is 0 Å². The monoisotopic (exact) mass is 504 g/mol. The van der Waals surface area contributed by atoms with Gasteiger partial charge in [0.05, 0.1) is 5.02 Å². The Morgan fingerprint density at radius 1 is 1.18 bits per heavy atom. The van der Waals surface area contributed by atoms with Crippen molar-refractivity contribution < 1.29 is 14.4 Å². The number of likely N-dealkylation sites (tertiary alicyclic amines) is 1. The predicted molar refractivity (Wildman–Crippen MR) is 134 cm³/mol. The second-order valence-corrected chi connectivity index (χ2v) is 9.41. The van der Waals surface area contributed by atoms with E-state index in [-0.39, 0.29) is 12.2 Å². The summed E-state index contributed by atoms with van der Waals surface area (Å²) in [5.74, 6) is 0.293. The first kappa shape index (κ1) is 24.9. The van der Waals surface area contributed by atoms with Crippen LogP contribution in [0, 0.1) is 0 Å². The van der Waals surface area contributed by atoms with Gasteiger partial charge in [-0.2, -0.15) is 0 Å². The zero-order valence-corrected chi connectivity index (χ0v) is 20.5. The van der Waals surface area contributed by atoms with Crippen LogP contribution in [0.3, 0.4) is 0 Å². The van der Waals surface area contributed by atoms with Crippen LogP contribution < -0.4 is 10.8 Å². The van der Waals surface area contributed by atoms with Gasteiger partial charge in [-0.3, -0.25) is 9.69 Å². The molecule has 182 valence electrons. The Labute approximate surface area is 210 Å². The summed E-state index contributed by atoms with van der Waals surface area (Å²) in [6, 6.07) is 10.1. The van der Waals surface area contributed by atoms with E-state index >= 15 is 0 Å². The van der Waals surface area contributed by atoms with E-state index in [9.17, 15) is 4.79 Å². The van der Waals surface area contributed by atoms with Crippen LogP contribution in [-0.2, 0) is 20.9 Å². The highest BCUT2D eigenvalue weighted by Crippen LogP contribution is 2.25. The van der Waals surface area contributed by atoms with E-state index in [2.05, 4.69) is 26.7 Å². The Balaban J connectivity index is 1.22. The maximum absolute atomic E-state index is 12.0. The van der Waals surface area contributed by atoms with Gasteiger partial charge in [0.2, 0.25) is 0 Å². The molecule has 2 aliphatic rings. The summed E-state index contributed by atoms with van der Waals surface area (Å²) in [5, 5.41) is 4.80. The van der Waals surface area contributed by atoms with Crippen molar-refractivity contribution in [3.63, 3.8) is 0 Å². The molecule has 0 radical (unpaired) electrons. The van der Waals surface area contributed by atoms with Crippen molar-refractivity contribution in [3.05, 3.63) is 63.8 Å². The Kier molecular flexibility index (Phi) is 9.18. The lowest BCUT2D eigenvalue weighted by molar-refractivity contribution is -0.198. The smallest absolute Gasteiger partial charge is 0.267 e. The number of hydroxylamine groups is 1. The number of rotatable bonds is 8. The third-order valence-corrected chi connectivity index (χ3v) is 6.66. The molecule has 0 bridgehead atoms. The van der Waals surface area contributed by atoms with Gasteiger partial charge in [0.15, 0.2) is 6.29 Å². The lowest BCUT2D eigenvalue weighted by Crippen LogP contribution is -2.38. The van der Waals surface area contributed by atoms with Crippen molar-refractivity contribution in [1.29, 1.82) is 0 Å². The fourth-order valence-corrected chi connectivity index (χ4v) is 4.51. The molecule has 9 heteroatoms. The summed E-state index contributed by atoms with van der Waals surface area (Å²) in [6.45, 7) is 3.47. The molecule has 0 saturated carbocycles. The van der Waals surface area contributed by atoms with E-state index in [1.165, 1.54) is 6.08 Å². The number of halogens is 2. The zero-order chi connectivity index (χ0) is 23.8. The van der Waals surface area contributed by atoms with Crippen LogP contribution >= 0.6 is 23.2 Å². The molecule has 1 aromatic carbocycles. The molecule has 7 nitrogen and oxygen atoms in total. The lowest BCUT2D eigenvalue weighted by atomic mass is 10.0. The van der Waals surface area contributed by atoms with Crippen LogP contribution in [-0.4, -0.2) is 47.8 Å².